The van der Waals surface area contributed by atoms with Gasteiger partial charge in [0.2, 0.25) is 0 Å². The van der Waals surface area contributed by atoms with Gasteiger partial charge in [0.05, 0.1) is 6.10 Å². The maximum Gasteiger partial charge on any atom is 0.0721 e. The van der Waals surface area contributed by atoms with E-state index in [4.69, 9.17) is 10.8 Å². The van der Waals surface area contributed by atoms with Crippen LogP contribution >= 0.6 is 0 Å². The molecule has 0 bridgehead atoms. The van der Waals surface area contributed by atoms with E-state index in [1.54, 1.807) is 6.08 Å². The number of allylic oxidation sites excluding steroid dienone is 1. The van der Waals surface area contributed by atoms with E-state index in [1.807, 2.05) is 13.0 Å². The van der Waals surface area contributed by atoms with E-state index in [9.17, 15) is 0 Å². The first kappa shape index (κ1) is 8.66. The fourth-order valence-corrected chi connectivity index (χ4v) is 0.645. The second-order valence-corrected chi connectivity index (χ2v) is 2.02. The van der Waals surface area contributed by atoms with Crippen LogP contribution in [-0.4, -0.2) is 17.8 Å². The molecule has 1 unspecified atom stereocenters. The summed E-state index contributed by atoms with van der Waals surface area (Å²) in [6.07, 6.45) is 5.00. The van der Waals surface area contributed by atoms with Gasteiger partial charge in [0, 0.05) is 0 Å². The summed E-state index contributed by atoms with van der Waals surface area (Å²) < 4.78 is 0. The summed E-state index contributed by atoms with van der Waals surface area (Å²) in [6.45, 7) is 2.56. The average molecular weight is 129 g/mol. The standard InChI is InChI=1S/C7H15NO/c1-2-4-7(9)5-3-6-8/h2,4,7,9H,3,5-6,8H2,1H3. The number of hydrogen-bond donors (Lipinski definition) is 2. The molecule has 2 heteroatoms. The van der Waals surface area contributed by atoms with Gasteiger partial charge >= 0.3 is 0 Å². The third kappa shape index (κ3) is 5.53. The van der Waals surface area contributed by atoms with Gasteiger partial charge in [0.25, 0.3) is 0 Å². The zero-order chi connectivity index (χ0) is 7.11. The van der Waals surface area contributed by atoms with Crippen LogP contribution in [0.4, 0.5) is 0 Å². The Morgan fingerprint density at radius 3 is 2.78 bits per heavy atom. The van der Waals surface area contributed by atoms with Crippen molar-refractivity contribution in [3.05, 3.63) is 12.2 Å². The van der Waals surface area contributed by atoms with Crippen LogP contribution in [0.2, 0.25) is 0 Å². The topological polar surface area (TPSA) is 46.2 Å². The molecule has 0 fully saturated rings. The van der Waals surface area contributed by atoms with Crippen molar-refractivity contribution in [3.63, 3.8) is 0 Å². The van der Waals surface area contributed by atoms with Gasteiger partial charge in [-0.25, -0.2) is 0 Å². The van der Waals surface area contributed by atoms with Crippen molar-refractivity contribution in [2.24, 2.45) is 5.73 Å². The van der Waals surface area contributed by atoms with Gasteiger partial charge in [-0.2, -0.15) is 0 Å². The third-order valence-electron chi connectivity index (χ3n) is 1.12. The van der Waals surface area contributed by atoms with Crippen molar-refractivity contribution in [2.75, 3.05) is 6.54 Å². The molecule has 0 aromatic carbocycles. The molecule has 0 spiro atoms. The minimum atomic E-state index is -0.293. The normalized spacial score (nSPS) is 14.6. The summed E-state index contributed by atoms with van der Waals surface area (Å²) in [7, 11) is 0. The Labute approximate surface area is 56.4 Å². The number of hydrogen-bond acceptors (Lipinski definition) is 2. The zero-order valence-electron chi connectivity index (χ0n) is 5.88. The zero-order valence-corrected chi connectivity index (χ0v) is 5.88. The van der Waals surface area contributed by atoms with E-state index in [0.717, 1.165) is 12.8 Å². The summed E-state index contributed by atoms with van der Waals surface area (Å²) in [6, 6.07) is 0. The Balaban J connectivity index is 3.15. The quantitative estimate of drug-likeness (QED) is 0.548. The van der Waals surface area contributed by atoms with E-state index < -0.39 is 0 Å². The molecule has 0 radical (unpaired) electrons. The molecular weight excluding hydrogens is 114 g/mol. The summed E-state index contributed by atoms with van der Waals surface area (Å²) in [5.41, 5.74) is 5.24. The lowest BCUT2D eigenvalue weighted by Crippen LogP contribution is -2.06. The van der Waals surface area contributed by atoms with Crippen LogP contribution in [0, 0.1) is 0 Å². The molecule has 0 aliphatic heterocycles. The molecule has 54 valence electrons. The highest BCUT2D eigenvalue weighted by molar-refractivity contribution is 4.84. The van der Waals surface area contributed by atoms with Crippen molar-refractivity contribution in [3.8, 4) is 0 Å². The minimum absolute atomic E-state index is 0.293. The highest BCUT2D eigenvalue weighted by atomic mass is 16.3. The van der Waals surface area contributed by atoms with Crippen molar-refractivity contribution in [1.82, 2.24) is 0 Å². The summed E-state index contributed by atoms with van der Waals surface area (Å²) >= 11 is 0. The van der Waals surface area contributed by atoms with Crippen molar-refractivity contribution in [1.29, 1.82) is 0 Å². The summed E-state index contributed by atoms with van der Waals surface area (Å²) in [4.78, 5) is 0. The lowest BCUT2D eigenvalue weighted by atomic mass is 10.2. The molecule has 9 heavy (non-hydrogen) atoms. The van der Waals surface area contributed by atoms with Gasteiger partial charge in [-0.3, -0.25) is 0 Å². The molecule has 3 N–H and O–H groups in total. The lowest BCUT2D eigenvalue weighted by Gasteiger charge is -2.01. The second-order valence-electron chi connectivity index (χ2n) is 2.02. The van der Waals surface area contributed by atoms with Crippen LogP contribution in [-0.2, 0) is 0 Å². The SMILES string of the molecule is CC=CC(O)CCCN. The van der Waals surface area contributed by atoms with Crippen LogP contribution in [0.5, 0.6) is 0 Å². The molecule has 0 aliphatic carbocycles. The van der Waals surface area contributed by atoms with Gasteiger partial charge in [0.15, 0.2) is 0 Å². The van der Waals surface area contributed by atoms with Crippen LogP contribution in [0.25, 0.3) is 0 Å². The number of rotatable bonds is 4. The molecule has 1 atom stereocenters. The Hall–Kier alpha value is -0.340. The minimum Gasteiger partial charge on any atom is -0.389 e. The number of aliphatic hydroxyl groups is 1. The van der Waals surface area contributed by atoms with Gasteiger partial charge in [-0.15, -0.1) is 0 Å². The molecule has 0 aromatic rings. The second kappa shape index (κ2) is 5.79. The predicted molar refractivity (Wildman–Crippen MR) is 39.1 cm³/mol. The van der Waals surface area contributed by atoms with E-state index >= 15 is 0 Å². The van der Waals surface area contributed by atoms with Gasteiger partial charge < -0.3 is 10.8 Å². The largest absolute Gasteiger partial charge is 0.389 e. The Morgan fingerprint density at radius 2 is 2.33 bits per heavy atom. The summed E-state index contributed by atoms with van der Waals surface area (Å²) in [5.74, 6) is 0. The smallest absolute Gasteiger partial charge is 0.0721 e. The van der Waals surface area contributed by atoms with E-state index in [2.05, 4.69) is 0 Å². The van der Waals surface area contributed by atoms with Crippen LogP contribution in [0.15, 0.2) is 12.2 Å². The molecule has 0 saturated heterocycles. The van der Waals surface area contributed by atoms with Gasteiger partial charge in [-0.1, -0.05) is 12.2 Å². The number of aliphatic hydroxyl groups excluding tert-OH is 1. The maximum absolute atomic E-state index is 9.04. The van der Waals surface area contributed by atoms with Crippen LogP contribution in [0.3, 0.4) is 0 Å². The third-order valence-corrected chi connectivity index (χ3v) is 1.12. The molecule has 0 aliphatic rings. The van der Waals surface area contributed by atoms with Crippen molar-refractivity contribution >= 4 is 0 Å². The van der Waals surface area contributed by atoms with Crippen molar-refractivity contribution in [2.45, 2.75) is 25.9 Å². The van der Waals surface area contributed by atoms with E-state index in [1.165, 1.54) is 0 Å². The Bertz CT molecular complexity index is 81.0. The Kier molecular flexibility index (Phi) is 5.57. The molecule has 2 nitrogen and oxygen atoms in total. The van der Waals surface area contributed by atoms with Crippen molar-refractivity contribution < 1.29 is 5.11 Å². The first-order valence-corrected chi connectivity index (χ1v) is 3.32. The predicted octanol–water partition coefficient (Wildman–Crippen LogP) is 0.662. The molecular formula is C7H15NO. The highest BCUT2D eigenvalue weighted by Crippen LogP contribution is 1.95. The highest BCUT2D eigenvalue weighted by Gasteiger charge is 1.94. The van der Waals surface area contributed by atoms with Gasteiger partial charge in [-0.05, 0) is 26.3 Å². The monoisotopic (exact) mass is 129 g/mol. The molecule has 0 aromatic heterocycles. The van der Waals surface area contributed by atoms with Gasteiger partial charge in [0.1, 0.15) is 0 Å². The first-order chi connectivity index (χ1) is 4.31. The van der Waals surface area contributed by atoms with E-state index in [-0.39, 0.29) is 6.10 Å². The van der Waals surface area contributed by atoms with E-state index in [0.29, 0.717) is 6.54 Å². The lowest BCUT2D eigenvalue weighted by molar-refractivity contribution is 0.210. The Morgan fingerprint density at radius 1 is 1.67 bits per heavy atom. The summed E-state index contributed by atoms with van der Waals surface area (Å²) in [5, 5.41) is 9.04. The van der Waals surface area contributed by atoms with Crippen LogP contribution < -0.4 is 5.73 Å². The fourth-order valence-electron chi connectivity index (χ4n) is 0.645. The molecule has 0 rings (SSSR count). The molecule has 0 amide bonds. The molecule has 0 heterocycles. The average Bonchev–Trinajstić information content (AvgIpc) is 1.85. The molecule has 0 saturated carbocycles. The first-order valence-electron chi connectivity index (χ1n) is 3.32. The fraction of sp³-hybridized carbons (Fsp3) is 0.714. The maximum atomic E-state index is 9.04. The number of nitrogens with two attached hydrogens (primary N) is 1. The van der Waals surface area contributed by atoms with Crippen LogP contribution in [0.1, 0.15) is 19.8 Å².